The van der Waals surface area contributed by atoms with Crippen molar-refractivity contribution in [1.29, 1.82) is 0 Å². The average Bonchev–Trinajstić information content (AvgIpc) is 2.90. The average molecular weight is 222 g/mol. The maximum atomic E-state index is 4.78. The van der Waals surface area contributed by atoms with Gasteiger partial charge in [-0.25, -0.2) is 0 Å². The van der Waals surface area contributed by atoms with Crippen molar-refractivity contribution in [2.24, 2.45) is 0 Å². The van der Waals surface area contributed by atoms with Crippen LogP contribution in [0.3, 0.4) is 0 Å². The van der Waals surface area contributed by atoms with E-state index in [0.29, 0.717) is 6.04 Å². The summed E-state index contributed by atoms with van der Waals surface area (Å²) in [6.07, 6.45) is 4.51. The van der Waals surface area contributed by atoms with Crippen molar-refractivity contribution in [3.8, 4) is 0 Å². The highest BCUT2D eigenvalue weighted by Crippen LogP contribution is 2.21. The Labute approximate surface area is 93.1 Å². The summed E-state index contributed by atoms with van der Waals surface area (Å²) in [5, 5.41) is 9.27. The molecule has 1 N–H and O–H groups in total. The van der Waals surface area contributed by atoms with Gasteiger partial charge in [-0.05, 0) is 17.9 Å². The Bertz CT molecular complexity index is 369. The molecular weight excluding hydrogens is 208 g/mol. The number of nitrogens with zero attached hydrogens (tertiary/aromatic N) is 1. The monoisotopic (exact) mass is 222 g/mol. The summed E-state index contributed by atoms with van der Waals surface area (Å²) in [6, 6.07) is 4.68. The van der Waals surface area contributed by atoms with Gasteiger partial charge in [-0.1, -0.05) is 18.1 Å². The minimum atomic E-state index is 0.430. The van der Waals surface area contributed by atoms with Gasteiger partial charge in [-0.3, -0.25) is 0 Å². The zero-order valence-electron chi connectivity index (χ0n) is 8.64. The molecule has 4 heteroatoms. The third kappa shape index (κ3) is 2.67. The Kier molecular flexibility index (Phi) is 3.53. The molecule has 0 bridgehead atoms. The quantitative estimate of drug-likeness (QED) is 0.845. The van der Waals surface area contributed by atoms with Crippen molar-refractivity contribution < 1.29 is 4.52 Å². The van der Waals surface area contributed by atoms with Crippen LogP contribution in [0, 0.1) is 0 Å². The Hall–Kier alpha value is -1.13. The fourth-order valence-electron chi connectivity index (χ4n) is 1.49. The zero-order valence-corrected chi connectivity index (χ0v) is 9.46. The first-order chi connectivity index (χ1) is 7.40. The number of hydrogen-bond acceptors (Lipinski definition) is 4. The minimum Gasteiger partial charge on any atom is -0.364 e. The van der Waals surface area contributed by atoms with Crippen molar-refractivity contribution in [2.45, 2.75) is 25.9 Å². The number of nitrogens with one attached hydrogen (secondary N) is 1. The Morgan fingerprint density at radius 3 is 3.13 bits per heavy atom. The maximum Gasteiger partial charge on any atom is 0.128 e. The lowest BCUT2D eigenvalue weighted by Crippen LogP contribution is -2.18. The summed E-state index contributed by atoms with van der Waals surface area (Å²) in [6.45, 7) is 2.99. The van der Waals surface area contributed by atoms with Crippen LogP contribution in [-0.4, -0.2) is 5.16 Å². The molecule has 1 unspecified atom stereocenters. The van der Waals surface area contributed by atoms with E-state index in [1.54, 1.807) is 23.8 Å². The molecule has 0 aliphatic rings. The minimum absolute atomic E-state index is 0.430. The predicted molar refractivity (Wildman–Crippen MR) is 60.7 cm³/mol. The second kappa shape index (κ2) is 5.09. The molecule has 1 atom stereocenters. The molecule has 0 aliphatic heterocycles. The normalized spacial score (nSPS) is 12.9. The van der Waals surface area contributed by atoms with Gasteiger partial charge in [0.15, 0.2) is 0 Å². The number of hydrogen-bond donors (Lipinski definition) is 1. The van der Waals surface area contributed by atoms with Crippen molar-refractivity contribution >= 4 is 11.3 Å². The molecule has 80 valence electrons. The zero-order chi connectivity index (χ0) is 10.5. The van der Waals surface area contributed by atoms with Crippen LogP contribution in [0.25, 0.3) is 0 Å². The van der Waals surface area contributed by atoms with Gasteiger partial charge in [-0.2, -0.15) is 0 Å². The van der Waals surface area contributed by atoms with Crippen LogP contribution in [0.5, 0.6) is 0 Å². The summed E-state index contributed by atoms with van der Waals surface area (Å²) < 4.78 is 4.78. The first-order valence-corrected chi connectivity index (χ1v) is 5.93. The third-order valence-corrected chi connectivity index (χ3v) is 3.32. The highest BCUT2D eigenvalue weighted by Gasteiger charge is 2.09. The SMILES string of the molecule is CCC(NCc1cnoc1)c1cccs1. The fraction of sp³-hybridized carbons (Fsp3) is 0.364. The van der Waals surface area contributed by atoms with Crippen molar-refractivity contribution in [3.05, 3.63) is 40.4 Å². The topological polar surface area (TPSA) is 38.1 Å². The van der Waals surface area contributed by atoms with E-state index >= 15 is 0 Å². The van der Waals surface area contributed by atoms with Crippen LogP contribution >= 0.6 is 11.3 Å². The van der Waals surface area contributed by atoms with Gasteiger partial charge < -0.3 is 9.84 Å². The smallest absolute Gasteiger partial charge is 0.128 e. The van der Waals surface area contributed by atoms with Gasteiger partial charge in [0, 0.05) is 23.0 Å². The molecule has 0 amide bonds. The summed E-state index contributed by atoms with van der Waals surface area (Å²) >= 11 is 1.79. The first-order valence-electron chi connectivity index (χ1n) is 5.05. The lowest BCUT2D eigenvalue weighted by molar-refractivity contribution is 0.418. The van der Waals surface area contributed by atoms with Crippen LogP contribution in [0.15, 0.2) is 34.5 Å². The molecule has 0 saturated carbocycles. The Balaban J connectivity index is 1.92. The summed E-state index contributed by atoms with van der Waals surface area (Å²) in [5.74, 6) is 0. The number of aromatic nitrogens is 1. The first kappa shape index (κ1) is 10.4. The van der Waals surface area contributed by atoms with E-state index in [1.807, 2.05) is 0 Å². The molecule has 0 saturated heterocycles. The predicted octanol–water partition coefficient (Wildman–Crippen LogP) is 2.98. The van der Waals surface area contributed by atoms with Crippen LogP contribution in [-0.2, 0) is 6.54 Å². The van der Waals surface area contributed by atoms with E-state index < -0.39 is 0 Å². The molecule has 2 aromatic heterocycles. The lowest BCUT2D eigenvalue weighted by atomic mass is 10.2. The molecule has 15 heavy (non-hydrogen) atoms. The fourth-order valence-corrected chi connectivity index (χ4v) is 2.38. The van der Waals surface area contributed by atoms with Crippen molar-refractivity contribution in [1.82, 2.24) is 10.5 Å². The Morgan fingerprint density at radius 1 is 1.60 bits per heavy atom. The van der Waals surface area contributed by atoms with Crippen molar-refractivity contribution in [3.63, 3.8) is 0 Å². The van der Waals surface area contributed by atoms with Gasteiger partial charge in [0.1, 0.15) is 6.26 Å². The molecule has 3 nitrogen and oxygen atoms in total. The van der Waals surface area contributed by atoms with Crippen LogP contribution < -0.4 is 5.32 Å². The van der Waals surface area contributed by atoms with Crippen LogP contribution in [0.4, 0.5) is 0 Å². The molecule has 0 fully saturated rings. The van der Waals surface area contributed by atoms with Gasteiger partial charge >= 0.3 is 0 Å². The number of thiophene rings is 1. The molecule has 0 aliphatic carbocycles. The molecule has 2 heterocycles. The van der Waals surface area contributed by atoms with Gasteiger partial charge in [0.05, 0.1) is 6.20 Å². The van der Waals surface area contributed by atoms with E-state index in [-0.39, 0.29) is 0 Å². The van der Waals surface area contributed by atoms with E-state index in [0.717, 1.165) is 18.5 Å². The highest BCUT2D eigenvalue weighted by molar-refractivity contribution is 7.10. The lowest BCUT2D eigenvalue weighted by Gasteiger charge is -2.14. The summed E-state index contributed by atoms with van der Waals surface area (Å²) in [5.41, 5.74) is 1.09. The Morgan fingerprint density at radius 2 is 2.53 bits per heavy atom. The van der Waals surface area contributed by atoms with E-state index in [2.05, 4.69) is 34.9 Å². The van der Waals surface area contributed by atoms with E-state index in [1.165, 1.54) is 4.88 Å². The highest BCUT2D eigenvalue weighted by atomic mass is 32.1. The van der Waals surface area contributed by atoms with Crippen LogP contribution in [0.2, 0.25) is 0 Å². The summed E-state index contributed by atoms with van der Waals surface area (Å²) in [7, 11) is 0. The molecular formula is C11H14N2OS. The second-order valence-electron chi connectivity index (χ2n) is 3.39. The molecule has 2 aromatic rings. The maximum absolute atomic E-state index is 4.78. The summed E-state index contributed by atoms with van der Waals surface area (Å²) in [4.78, 5) is 1.38. The van der Waals surface area contributed by atoms with Gasteiger partial charge in [0.2, 0.25) is 0 Å². The molecule has 0 radical (unpaired) electrons. The van der Waals surface area contributed by atoms with E-state index in [4.69, 9.17) is 4.52 Å². The molecule has 2 rings (SSSR count). The van der Waals surface area contributed by atoms with Crippen molar-refractivity contribution in [2.75, 3.05) is 0 Å². The molecule has 0 spiro atoms. The van der Waals surface area contributed by atoms with Gasteiger partial charge in [0.25, 0.3) is 0 Å². The van der Waals surface area contributed by atoms with Crippen LogP contribution in [0.1, 0.15) is 29.8 Å². The standard InChI is InChI=1S/C11H14N2OS/c1-2-10(11-4-3-5-15-11)12-6-9-7-13-14-8-9/h3-5,7-8,10,12H,2,6H2,1H3. The number of rotatable bonds is 5. The largest absolute Gasteiger partial charge is 0.364 e. The van der Waals surface area contributed by atoms with E-state index in [9.17, 15) is 0 Å². The molecule has 0 aromatic carbocycles. The van der Waals surface area contributed by atoms with Gasteiger partial charge in [-0.15, -0.1) is 11.3 Å². The third-order valence-electron chi connectivity index (χ3n) is 2.33. The second-order valence-corrected chi connectivity index (χ2v) is 4.37.